The maximum atomic E-state index is 12.9. The normalized spacial score (nSPS) is 12.1. The molecule has 0 aliphatic carbocycles. The third-order valence-corrected chi connectivity index (χ3v) is 5.75. The summed E-state index contributed by atoms with van der Waals surface area (Å²) < 4.78 is 43.9. The molecule has 3 aromatic rings. The van der Waals surface area contributed by atoms with Crippen molar-refractivity contribution in [2.24, 2.45) is 5.73 Å². The van der Waals surface area contributed by atoms with Crippen molar-refractivity contribution < 1.29 is 22.7 Å². The van der Waals surface area contributed by atoms with Crippen molar-refractivity contribution in [1.29, 1.82) is 0 Å². The van der Waals surface area contributed by atoms with E-state index in [4.69, 9.17) is 22.1 Å². The average molecular weight is 489 g/mol. The minimum atomic E-state index is -4.40. The van der Waals surface area contributed by atoms with Gasteiger partial charge in [-0.25, -0.2) is 0 Å². The van der Waals surface area contributed by atoms with Gasteiger partial charge in [0.1, 0.15) is 11.7 Å². The van der Waals surface area contributed by atoms with Gasteiger partial charge >= 0.3 is 6.18 Å². The van der Waals surface area contributed by atoms with E-state index >= 15 is 0 Å². The van der Waals surface area contributed by atoms with Crippen LogP contribution in [0.5, 0.6) is 5.75 Å². The molecule has 0 fully saturated rings. The molecule has 1 unspecified atom stereocenters. The van der Waals surface area contributed by atoms with Gasteiger partial charge in [-0.3, -0.25) is 4.79 Å². The highest BCUT2D eigenvalue weighted by atomic mass is 35.5. The van der Waals surface area contributed by atoms with Crippen LogP contribution < -0.4 is 15.4 Å². The van der Waals surface area contributed by atoms with Gasteiger partial charge in [0.25, 0.3) is 0 Å². The molecular weight excluding hydrogens is 465 g/mol. The molecule has 8 heteroatoms. The Balaban J connectivity index is 1.94. The van der Waals surface area contributed by atoms with Crippen molar-refractivity contribution in [3.05, 3.63) is 107 Å². The lowest BCUT2D eigenvalue weighted by atomic mass is 9.94. The number of nitrogens with two attached hydrogens (primary N) is 1. The van der Waals surface area contributed by atoms with Crippen LogP contribution in [0.15, 0.2) is 85.1 Å². The van der Waals surface area contributed by atoms with E-state index in [-0.39, 0.29) is 0 Å². The number of benzene rings is 3. The van der Waals surface area contributed by atoms with Gasteiger partial charge in [-0.15, -0.1) is 0 Å². The summed E-state index contributed by atoms with van der Waals surface area (Å²) in [6, 6.07) is 19.1. The fraction of sp³-hybridized carbons (Fsp3) is 0.192. The second-order valence-electron chi connectivity index (χ2n) is 7.65. The largest absolute Gasteiger partial charge is 0.495 e. The first-order valence-corrected chi connectivity index (χ1v) is 10.8. The van der Waals surface area contributed by atoms with Crippen LogP contribution in [-0.2, 0) is 17.4 Å². The molecule has 0 heterocycles. The number of carbonyl (C=O) groups excluding carboxylic acids is 1. The van der Waals surface area contributed by atoms with Gasteiger partial charge in [-0.1, -0.05) is 60.6 Å². The van der Waals surface area contributed by atoms with Crippen LogP contribution in [0.4, 0.5) is 18.9 Å². The molecule has 1 amide bonds. The number of halogens is 4. The summed E-state index contributed by atoms with van der Waals surface area (Å²) >= 11 is 6.34. The summed E-state index contributed by atoms with van der Waals surface area (Å²) in [7, 11) is 1.50. The van der Waals surface area contributed by atoms with Crippen LogP contribution in [0.1, 0.15) is 22.6 Å². The van der Waals surface area contributed by atoms with Gasteiger partial charge in [0.05, 0.1) is 17.7 Å². The molecule has 0 saturated carbocycles. The molecule has 0 aromatic heterocycles. The van der Waals surface area contributed by atoms with E-state index in [0.717, 1.165) is 12.1 Å². The molecular formula is C26H24ClF3N2O2. The molecule has 0 aliphatic heterocycles. The summed E-state index contributed by atoms with van der Waals surface area (Å²) in [6.07, 6.45) is -4.01. The number of rotatable bonds is 9. The van der Waals surface area contributed by atoms with Crippen LogP contribution in [0.2, 0.25) is 5.02 Å². The molecule has 0 bridgehead atoms. The number of nitrogens with zero attached hydrogens (tertiary/aromatic N) is 1. The topological polar surface area (TPSA) is 55.6 Å². The zero-order valence-corrected chi connectivity index (χ0v) is 19.2. The Bertz CT molecular complexity index is 1150. The number of amides is 1. The molecule has 34 heavy (non-hydrogen) atoms. The SMILES string of the molecule is C=C(C(C(N)=O)c1ccccc1)N(CCc1ccc(C(F)(F)F)cc1)c1ccc(OC)c(Cl)c1. The predicted octanol–water partition coefficient (Wildman–Crippen LogP) is 6.20. The first kappa shape index (κ1) is 25.2. The third-order valence-electron chi connectivity index (χ3n) is 5.45. The van der Waals surface area contributed by atoms with Crippen LogP contribution in [0.25, 0.3) is 0 Å². The number of methoxy groups -OCH3 is 1. The minimum Gasteiger partial charge on any atom is -0.495 e. The average Bonchev–Trinajstić information content (AvgIpc) is 2.79. The van der Waals surface area contributed by atoms with E-state index in [0.29, 0.717) is 46.2 Å². The second-order valence-corrected chi connectivity index (χ2v) is 8.06. The van der Waals surface area contributed by atoms with Crippen LogP contribution >= 0.6 is 11.6 Å². The number of primary amides is 1. The van der Waals surface area contributed by atoms with Gasteiger partial charge in [0.15, 0.2) is 0 Å². The smallest absolute Gasteiger partial charge is 0.416 e. The maximum absolute atomic E-state index is 12.9. The number of alkyl halides is 3. The lowest BCUT2D eigenvalue weighted by molar-refractivity contribution is -0.137. The number of carbonyl (C=O) groups is 1. The monoisotopic (exact) mass is 488 g/mol. The standard InChI is InChI=1S/C26H24ClF3N2O2/c1-17(24(25(31)33)19-6-4-3-5-7-19)32(21-12-13-23(34-2)22(27)16-21)15-14-18-8-10-20(11-9-18)26(28,29)30/h3-13,16,24H,1,14-15H2,2H3,(H2,31,33). The first-order valence-electron chi connectivity index (χ1n) is 10.4. The predicted molar refractivity (Wildman–Crippen MR) is 128 cm³/mol. The van der Waals surface area contributed by atoms with E-state index in [1.165, 1.54) is 19.2 Å². The first-order chi connectivity index (χ1) is 16.1. The van der Waals surface area contributed by atoms with Crippen molar-refractivity contribution in [3.8, 4) is 5.75 Å². The Morgan fingerprint density at radius 2 is 1.74 bits per heavy atom. The molecule has 0 saturated heterocycles. The highest BCUT2D eigenvalue weighted by molar-refractivity contribution is 6.32. The molecule has 2 N–H and O–H groups in total. The van der Waals surface area contributed by atoms with Crippen molar-refractivity contribution in [1.82, 2.24) is 0 Å². The number of hydrogen-bond donors (Lipinski definition) is 1. The van der Waals surface area contributed by atoms with E-state index in [1.807, 2.05) is 6.07 Å². The van der Waals surface area contributed by atoms with Crippen LogP contribution in [0, 0.1) is 0 Å². The van der Waals surface area contributed by atoms with Crippen molar-refractivity contribution in [3.63, 3.8) is 0 Å². The zero-order valence-electron chi connectivity index (χ0n) is 18.5. The van der Waals surface area contributed by atoms with Gasteiger partial charge in [0, 0.05) is 17.9 Å². The molecule has 0 spiro atoms. The second kappa shape index (κ2) is 10.7. The summed E-state index contributed by atoms with van der Waals surface area (Å²) in [5, 5.41) is 0.364. The Morgan fingerprint density at radius 1 is 1.09 bits per heavy atom. The molecule has 1 atom stereocenters. The van der Waals surface area contributed by atoms with Crippen molar-refractivity contribution in [2.45, 2.75) is 18.5 Å². The van der Waals surface area contributed by atoms with Crippen molar-refractivity contribution >= 4 is 23.2 Å². The molecule has 0 aliphatic rings. The Labute approximate surface area is 201 Å². The zero-order chi connectivity index (χ0) is 24.9. The van der Waals surface area contributed by atoms with Gasteiger partial charge in [-0.05, 0) is 47.9 Å². The summed E-state index contributed by atoms with van der Waals surface area (Å²) in [5.74, 6) is -0.904. The number of anilines is 1. The molecule has 3 aromatic carbocycles. The highest BCUT2D eigenvalue weighted by Crippen LogP contribution is 2.35. The summed E-state index contributed by atoms with van der Waals surface area (Å²) in [4.78, 5) is 14.2. The van der Waals surface area contributed by atoms with Crippen molar-refractivity contribution in [2.75, 3.05) is 18.6 Å². The van der Waals surface area contributed by atoms with Gasteiger partial charge < -0.3 is 15.4 Å². The van der Waals surface area contributed by atoms with Gasteiger partial charge in [0.2, 0.25) is 5.91 Å². The fourth-order valence-corrected chi connectivity index (χ4v) is 3.94. The Kier molecular flexibility index (Phi) is 7.89. The van der Waals surface area contributed by atoms with E-state index < -0.39 is 23.6 Å². The lowest BCUT2D eigenvalue weighted by Gasteiger charge is -2.31. The molecule has 178 valence electrons. The van der Waals surface area contributed by atoms with E-state index in [1.54, 1.807) is 47.4 Å². The van der Waals surface area contributed by atoms with E-state index in [2.05, 4.69) is 6.58 Å². The Morgan fingerprint density at radius 3 is 2.26 bits per heavy atom. The van der Waals surface area contributed by atoms with Crippen LogP contribution in [0.3, 0.4) is 0 Å². The number of hydrogen-bond acceptors (Lipinski definition) is 3. The summed E-state index contributed by atoms with van der Waals surface area (Å²) in [6.45, 7) is 4.49. The number of ether oxygens (including phenoxy) is 1. The lowest BCUT2D eigenvalue weighted by Crippen LogP contribution is -2.33. The van der Waals surface area contributed by atoms with E-state index in [9.17, 15) is 18.0 Å². The van der Waals surface area contributed by atoms with Gasteiger partial charge in [-0.2, -0.15) is 13.2 Å². The molecule has 0 radical (unpaired) electrons. The molecule has 4 nitrogen and oxygen atoms in total. The minimum absolute atomic E-state index is 0.323. The summed E-state index contributed by atoms with van der Waals surface area (Å²) in [5.41, 5.74) is 7.48. The Hall–Kier alpha value is -3.45. The quantitative estimate of drug-likeness (QED) is 0.390. The molecule has 3 rings (SSSR count). The fourth-order valence-electron chi connectivity index (χ4n) is 3.69. The third kappa shape index (κ3) is 5.91. The van der Waals surface area contributed by atoms with Crippen LogP contribution in [-0.4, -0.2) is 19.6 Å². The highest BCUT2D eigenvalue weighted by Gasteiger charge is 2.30. The maximum Gasteiger partial charge on any atom is 0.416 e.